The Kier molecular flexibility index (Phi) is 5.25. The Morgan fingerprint density at radius 2 is 2.07 bits per heavy atom. The van der Waals surface area contributed by atoms with E-state index in [0.29, 0.717) is 13.2 Å². The minimum Gasteiger partial charge on any atom is -0.383 e. The molecule has 0 bridgehead atoms. The third-order valence-electron chi connectivity index (χ3n) is 1.86. The average molecular weight is 208 g/mol. The lowest BCUT2D eigenvalue weighted by molar-refractivity contribution is -0.119. The van der Waals surface area contributed by atoms with Crippen molar-refractivity contribution in [1.82, 2.24) is 5.32 Å². The summed E-state index contributed by atoms with van der Waals surface area (Å²) in [4.78, 5) is 11.3. The van der Waals surface area contributed by atoms with Crippen molar-refractivity contribution >= 4 is 11.6 Å². The number of carbonyl (C=O) groups excluding carboxylic acids is 1. The van der Waals surface area contributed by atoms with Crippen molar-refractivity contribution in [3.05, 3.63) is 30.3 Å². The molecule has 1 aromatic carbocycles. The van der Waals surface area contributed by atoms with Crippen LogP contribution in [-0.2, 0) is 9.53 Å². The molecule has 1 rings (SSSR count). The van der Waals surface area contributed by atoms with E-state index in [1.165, 1.54) is 0 Å². The maximum atomic E-state index is 11.3. The minimum absolute atomic E-state index is 0.0316. The lowest BCUT2D eigenvalue weighted by Crippen LogP contribution is -2.32. The quantitative estimate of drug-likeness (QED) is 0.682. The molecule has 0 saturated heterocycles. The molecule has 0 aromatic heterocycles. The van der Waals surface area contributed by atoms with Crippen LogP contribution in [0.3, 0.4) is 0 Å². The van der Waals surface area contributed by atoms with Gasteiger partial charge in [-0.1, -0.05) is 18.2 Å². The number of carbonyl (C=O) groups is 1. The summed E-state index contributed by atoms with van der Waals surface area (Å²) in [6.45, 7) is 1.37. The van der Waals surface area contributed by atoms with Crippen molar-refractivity contribution in [2.24, 2.45) is 0 Å². The molecular formula is C11H16N2O2. The summed E-state index contributed by atoms with van der Waals surface area (Å²) in [7, 11) is 1.61. The van der Waals surface area contributed by atoms with Crippen molar-refractivity contribution in [3.63, 3.8) is 0 Å². The Labute approximate surface area is 89.6 Å². The third kappa shape index (κ3) is 5.02. The largest absolute Gasteiger partial charge is 0.383 e. The molecule has 0 unspecified atom stereocenters. The number of benzene rings is 1. The van der Waals surface area contributed by atoms with E-state index in [9.17, 15) is 4.79 Å². The van der Waals surface area contributed by atoms with E-state index in [1.807, 2.05) is 30.3 Å². The van der Waals surface area contributed by atoms with Crippen LogP contribution in [0.15, 0.2) is 30.3 Å². The fourth-order valence-electron chi connectivity index (χ4n) is 1.09. The highest BCUT2D eigenvalue weighted by Crippen LogP contribution is 2.03. The predicted octanol–water partition coefficient (Wildman–Crippen LogP) is 0.861. The number of rotatable bonds is 6. The third-order valence-corrected chi connectivity index (χ3v) is 1.86. The SMILES string of the molecule is COCCNC(=O)CNc1ccccc1. The van der Waals surface area contributed by atoms with Gasteiger partial charge in [-0.25, -0.2) is 0 Å². The summed E-state index contributed by atoms with van der Waals surface area (Å²) in [6.07, 6.45) is 0. The van der Waals surface area contributed by atoms with Gasteiger partial charge < -0.3 is 15.4 Å². The van der Waals surface area contributed by atoms with Gasteiger partial charge in [-0.3, -0.25) is 4.79 Å². The van der Waals surface area contributed by atoms with Crippen LogP contribution in [0, 0.1) is 0 Å². The summed E-state index contributed by atoms with van der Waals surface area (Å²) in [5.74, 6) is -0.0316. The van der Waals surface area contributed by atoms with Crippen LogP contribution in [0.25, 0.3) is 0 Å². The Balaban J connectivity index is 2.17. The molecule has 0 heterocycles. The molecule has 0 atom stereocenters. The van der Waals surface area contributed by atoms with Gasteiger partial charge in [-0.05, 0) is 12.1 Å². The molecule has 4 nitrogen and oxygen atoms in total. The smallest absolute Gasteiger partial charge is 0.239 e. The standard InChI is InChI=1S/C11H16N2O2/c1-15-8-7-12-11(14)9-13-10-5-3-2-4-6-10/h2-6,13H,7-9H2,1H3,(H,12,14). The van der Waals surface area contributed by atoms with Crippen molar-refractivity contribution in [3.8, 4) is 0 Å². The van der Waals surface area contributed by atoms with Crippen molar-refractivity contribution in [2.75, 3.05) is 32.1 Å². The summed E-state index contributed by atoms with van der Waals surface area (Å²) in [5, 5.41) is 5.75. The van der Waals surface area contributed by atoms with Gasteiger partial charge >= 0.3 is 0 Å². The Morgan fingerprint density at radius 3 is 2.73 bits per heavy atom. The fraction of sp³-hybridized carbons (Fsp3) is 0.364. The van der Waals surface area contributed by atoms with E-state index < -0.39 is 0 Å². The maximum Gasteiger partial charge on any atom is 0.239 e. The highest BCUT2D eigenvalue weighted by Gasteiger charge is 1.98. The molecule has 0 radical (unpaired) electrons. The van der Waals surface area contributed by atoms with Crippen LogP contribution >= 0.6 is 0 Å². The van der Waals surface area contributed by atoms with Crippen molar-refractivity contribution in [1.29, 1.82) is 0 Å². The molecule has 0 spiro atoms. The number of anilines is 1. The Morgan fingerprint density at radius 1 is 1.33 bits per heavy atom. The molecule has 1 amide bonds. The second kappa shape index (κ2) is 6.84. The zero-order valence-electron chi connectivity index (χ0n) is 8.82. The molecule has 82 valence electrons. The van der Waals surface area contributed by atoms with E-state index in [-0.39, 0.29) is 12.5 Å². The molecule has 0 aliphatic heterocycles. The van der Waals surface area contributed by atoms with Crippen LogP contribution in [0.1, 0.15) is 0 Å². The molecule has 1 aromatic rings. The molecule has 0 fully saturated rings. The van der Waals surface area contributed by atoms with E-state index in [0.717, 1.165) is 5.69 Å². The van der Waals surface area contributed by atoms with E-state index in [4.69, 9.17) is 4.74 Å². The first-order valence-corrected chi connectivity index (χ1v) is 4.87. The molecule has 15 heavy (non-hydrogen) atoms. The number of ether oxygens (including phenoxy) is 1. The van der Waals surface area contributed by atoms with Gasteiger partial charge in [-0.15, -0.1) is 0 Å². The number of para-hydroxylation sites is 1. The van der Waals surface area contributed by atoms with Gasteiger partial charge in [0.05, 0.1) is 13.2 Å². The highest BCUT2D eigenvalue weighted by atomic mass is 16.5. The first kappa shape index (κ1) is 11.5. The van der Waals surface area contributed by atoms with Gasteiger partial charge in [0.15, 0.2) is 0 Å². The average Bonchev–Trinajstić information content (AvgIpc) is 2.28. The van der Waals surface area contributed by atoms with Crippen LogP contribution in [0.5, 0.6) is 0 Å². The van der Waals surface area contributed by atoms with E-state index in [2.05, 4.69) is 10.6 Å². The first-order valence-electron chi connectivity index (χ1n) is 4.87. The van der Waals surface area contributed by atoms with Gasteiger partial charge in [0.1, 0.15) is 0 Å². The summed E-state index contributed by atoms with van der Waals surface area (Å²) >= 11 is 0. The van der Waals surface area contributed by atoms with Crippen LogP contribution in [-0.4, -0.2) is 32.7 Å². The summed E-state index contributed by atoms with van der Waals surface area (Å²) in [6, 6.07) is 9.62. The van der Waals surface area contributed by atoms with Crippen LogP contribution in [0.2, 0.25) is 0 Å². The van der Waals surface area contributed by atoms with Crippen LogP contribution < -0.4 is 10.6 Å². The summed E-state index contributed by atoms with van der Waals surface area (Å²) in [5.41, 5.74) is 0.944. The first-order chi connectivity index (χ1) is 7.33. The normalized spacial score (nSPS) is 9.67. The fourth-order valence-corrected chi connectivity index (χ4v) is 1.09. The number of methoxy groups -OCH3 is 1. The molecule has 0 aliphatic carbocycles. The lowest BCUT2D eigenvalue weighted by Gasteiger charge is -2.06. The molecule has 2 N–H and O–H groups in total. The zero-order chi connectivity index (χ0) is 10.9. The topological polar surface area (TPSA) is 50.4 Å². The number of hydrogen-bond donors (Lipinski definition) is 2. The highest BCUT2D eigenvalue weighted by molar-refractivity contribution is 5.80. The van der Waals surface area contributed by atoms with Gasteiger partial charge in [0.25, 0.3) is 0 Å². The Hall–Kier alpha value is -1.55. The Bertz CT molecular complexity index is 288. The van der Waals surface area contributed by atoms with Gasteiger partial charge in [0.2, 0.25) is 5.91 Å². The number of amides is 1. The second-order valence-corrected chi connectivity index (χ2v) is 3.06. The molecule has 0 aliphatic rings. The zero-order valence-corrected chi connectivity index (χ0v) is 8.82. The van der Waals surface area contributed by atoms with Crippen molar-refractivity contribution in [2.45, 2.75) is 0 Å². The maximum absolute atomic E-state index is 11.3. The van der Waals surface area contributed by atoms with Crippen molar-refractivity contribution < 1.29 is 9.53 Å². The molecule has 0 saturated carbocycles. The van der Waals surface area contributed by atoms with Gasteiger partial charge in [-0.2, -0.15) is 0 Å². The second-order valence-electron chi connectivity index (χ2n) is 3.06. The minimum atomic E-state index is -0.0316. The van der Waals surface area contributed by atoms with Crippen LogP contribution in [0.4, 0.5) is 5.69 Å². The van der Waals surface area contributed by atoms with E-state index >= 15 is 0 Å². The number of nitrogens with one attached hydrogen (secondary N) is 2. The monoisotopic (exact) mass is 208 g/mol. The molecular weight excluding hydrogens is 192 g/mol. The number of hydrogen-bond acceptors (Lipinski definition) is 3. The van der Waals surface area contributed by atoms with Gasteiger partial charge in [0, 0.05) is 19.3 Å². The van der Waals surface area contributed by atoms with E-state index in [1.54, 1.807) is 7.11 Å². The predicted molar refractivity (Wildman–Crippen MR) is 59.8 cm³/mol. The molecule has 4 heteroatoms. The summed E-state index contributed by atoms with van der Waals surface area (Å²) < 4.78 is 4.82. The lowest BCUT2D eigenvalue weighted by atomic mass is 10.3.